The molecule has 5 nitrogen and oxygen atoms in total. The first-order valence-corrected chi connectivity index (χ1v) is 7.57. The summed E-state index contributed by atoms with van der Waals surface area (Å²) in [4.78, 5) is 24.1. The van der Waals surface area contributed by atoms with E-state index in [-0.39, 0.29) is 5.57 Å². The van der Waals surface area contributed by atoms with Gasteiger partial charge in [0.15, 0.2) is 0 Å². The van der Waals surface area contributed by atoms with Gasteiger partial charge in [0.25, 0.3) is 0 Å². The minimum absolute atomic E-state index is 0.0295. The summed E-state index contributed by atoms with van der Waals surface area (Å²) in [7, 11) is 2.48. The van der Waals surface area contributed by atoms with Crippen molar-refractivity contribution in [1.29, 1.82) is 0 Å². The van der Waals surface area contributed by atoms with Crippen LogP contribution in [0.1, 0.15) is 11.1 Å². The van der Waals surface area contributed by atoms with Crippen molar-refractivity contribution in [3.63, 3.8) is 0 Å². The Hall–Kier alpha value is -3.34. The molecule has 0 aliphatic heterocycles. The molecule has 0 saturated carbocycles. The van der Waals surface area contributed by atoms with Gasteiger partial charge in [-0.25, -0.2) is 9.59 Å². The Bertz CT molecular complexity index is 808. The number of carbonyl (C=O) groups excluding carboxylic acids is 2. The lowest BCUT2D eigenvalue weighted by Gasteiger charge is -2.15. The molecular formula is C20H19NO4. The maximum absolute atomic E-state index is 12.3. The van der Waals surface area contributed by atoms with Gasteiger partial charge in [-0.3, -0.25) is 0 Å². The van der Waals surface area contributed by atoms with Crippen LogP contribution in [0.4, 0.5) is 0 Å². The van der Waals surface area contributed by atoms with E-state index in [1.807, 2.05) is 48.5 Å². The standard InChI is InChI=1S/C20H19NO4/c1-24-17(22)13-16(20(23)25-2)18(14-9-5-3-6-10-14)19(21)15-11-7-4-8-12-15/h3-13H,21H2,1-2H3/b16-13-,19-18+. The molecule has 5 heteroatoms. The Kier molecular flexibility index (Phi) is 6.12. The number of rotatable bonds is 5. The number of benzene rings is 2. The number of carbonyl (C=O) groups is 2. The molecule has 2 N–H and O–H groups in total. The van der Waals surface area contributed by atoms with Gasteiger partial charge < -0.3 is 15.2 Å². The summed E-state index contributed by atoms with van der Waals surface area (Å²) in [5.74, 6) is -1.35. The van der Waals surface area contributed by atoms with Crippen LogP contribution in [-0.4, -0.2) is 26.2 Å². The average molecular weight is 337 g/mol. The summed E-state index contributed by atoms with van der Waals surface area (Å²) in [5.41, 5.74) is 8.56. The molecule has 2 aromatic rings. The molecule has 0 bridgehead atoms. The fourth-order valence-electron chi connectivity index (χ4n) is 2.34. The molecule has 0 fully saturated rings. The zero-order chi connectivity index (χ0) is 18.2. The van der Waals surface area contributed by atoms with Gasteiger partial charge in [0.1, 0.15) is 0 Å². The highest BCUT2D eigenvalue weighted by molar-refractivity contribution is 6.15. The van der Waals surface area contributed by atoms with E-state index in [0.29, 0.717) is 16.8 Å². The number of hydrogen-bond acceptors (Lipinski definition) is 5. The van der Waals surface area contributed by atoms with E-state index in [0.717, 1.165) is 11.6 Å². The third kappa shape index (κ3) is 4.35. The molecule has 0 unspecified atom stereocenters. The van der Waals surface area contributed by atoms with E-state index in [9.17, 15) is 9.59 Å². The lowest BCUT2D eigenvalue weighted by Crippen LogP contribution is -2.13. The largest absolute Gasteiger partial charge is 0.466 e. The summed E-state index contributed by atoms with van der Waals surface area (Å²) < 4.78 is 9.50. The zero-order valence-corrected chi connectivity index (χ0v) is 14.1. The van der Waals surface area contributed by atoms with Crippen LogP contribution in [0.25, 0.3) is 11.3 Å². The number of methoxy groups -OCH3 is 2. The second-order valence-corrected chi connectivity index (χ2v) is 5.09. The first kappa shape index (κ1) is 18.0. The van der Waals surface area contributed by atoms with Crippen molar-refractivity contribution in [2.45, 2.75) is 0 Å². The quantitative estimate of drug-likeness (QED) is 0.393. The van der Waals surface area contributed by atoms with Crippen LogP contribution in [0.2, 0.25) is 0 Å². The highest BCUT2D eigenvalue weighted by atomic mass is 16.5. The van der Waals surface area contributed by atoms with Crippen LogP contribution in [0, 0.1) is 0 Å². The van der Waals surface area contributed by atoms with Crippen LogP contribution in [-0.2, 0) is 19.1 Å². The summed E-state index contributed by atoms with van der Waals surface area (Å²) in [6.07, 6.45) is 1.09. The monoisotopic (exact) mass is 337 g/mol. The van der Waals surface area contributed by atoms with Gasteiger partial charge in [0.05, 0.1) is 19.8 Å². The topological polar surface area (TPSA) is 78.6 Å². The van der Waals surface area contributed by atoms with Crippen LogP contribution < -0.4 is 5.73 Å². The maximum atomic E-state index is 12.3. The van der Waals surface area contributed by atoms with Crippen molar-refractivity contribution in [3.05, 3.63) is 83.4 Å². The molecule has 0 radical (unpaired) electrons. The predicted octanol–water partition coefficient (Wildman–Crippen LogP) is 2.79. The van der Waals surface area contributed by atoms with Gasteiger partial charge in [-0.15, -0.1) is 0 Å². The third-order valence-corrected chi connectivity index (χ3v) is 3.55. The molecule has 0 spiro atoms. The van der Waals surface area contributed by atoms with E-state index in [1.165, 1.54) is 14.2 Å². The fraction of sp³-hybridized carbons (Fsp3) is 0.100. The molecule has 25 heavy (non-hydrogen) atoms. The van der Waals surface area contributed by atoms with E-state index < -0.39 is 11.9 Å². The Morgan fingerprint density at radius 1 is 0.840 bits per heavy atom. The smallest absolute Gasteiger partial charge is 0.338 e. The van der Waals surface area contributed by atoms with Gasteiger partial charge in [-0.2, -0.15) is 0 Å². The lowest BCUT2D eigenvalue weighted by atomic mass is 9.93. The van der Waals surface area contributed by atoms with Crippen LogP contribution in [0.15, 0.2) is 72.3 Å². The molecule has 128 valence electrons. The lowest BCUT2D eigenvalue weighted by molar-refractivity contribution is -0.138. The first-order valence-electron chi connectivity index (χ1n) is 7.57. The molecule has 0 atom stereocenters. The van der Waals surface area contributed by atoms with Gasteiger partial charge >= 0.3 is 11.9 Å². The summed E-state index contributed by atoms with van der Waals surface area (Å²) >= 11 is 0. The van der Waals surface area contributed by atoms with Crippen molar-refractivity contribution in [1.82, 2.24) is 0 Å². The zero-order valence-electron chi connectivity index (χ0n) is 14.1. The van der Waals surface area contributed by atoms with Crippen molar-refractivity contribution in [3.8, 4) is 0 Å². The second-order valence-electron chi connectivity index (χ2n) is 5.09. The van der Waals surface area contributed by atoms with Crippen molar-refractivity contribution < 1.29 is 19.1 Å². The Morgan fingerprint density at radius 3 is 1.84 bits per heavy atom. The molecule has 0 saturated heterocycles. The molecule has 0 heterocycles. The first-order chi connectivity index (χ1) is 12.1. The SMILES string of the molecule is COC(=O)/C=C(C(=O)OC)/C(=C(/N)c1ccccc1)c1ccccc1. The van der Waals surface area contributed by atoms with E-state index in [1.54, 1.807) is 12.1 Å². The van der Waals surface area contributed by atoms with Crippen molar-refractivity contribution in [2.75, 3.05) is 14.2 Å². The third-order valence-electron chi connectivity index (χ3n) is 3.55. The average Bonchev–Trinajstić information content (AvgIpc) is 2.68. The number of esters is 2. The van der Waals surface area contributed by atoms with Gasteiger partial charge in [-0.1, -0.05) is 60.7 Å². The summed E-state index contributed by atoms with van der Waals surface area (Å²) in [6.45, 7) is 0. The van der Waals surface area contributed by atoms with E-state index >= 15 is 0 Å². The molecule has 0 aliphatic rings. The highest BCUT2D eigenvalue weighted by Gasteiger charge is 2.22. The molecule has 0 aromatic heterocycles. The Morgan fingerprint density at radius 2 is 1.36 bits per heavy atom. The summed E-state index contributed by atoms with van der Waals surface area (Å²) in [5, 5.41) is 0. The molecule has 2 aromatic carbocycles. The molecule has 2 rings (SSSR count). The maximum Gasteiger partial charge on any atom is 0.338 e. The minimum Gasteiger partial charge on any atom is -0.466 e. The van der Waals surface area contributed by atoms with Gasteiger partial charge in [0.2, 0.25) is 0 Å². The van der Waals surface area contributed by atoms with E-state index in [4.69, 9.17) is 10.5 Å². The fourth-order valence-corrected chi connectivity index (χ4v) is 2.34. The number of ether oxygens (including phenoxy) is 2. The predicted molar refractivity (Wildman–Crippen MR) is 96.0 cm³/mol. The van der Waals surface area contributed by atoms with Gasteiger partial charge in [-0.05, 0) is 11.1 Å². The Labute approximate surface area is 146 Å². The molecular weight excluding hydrogens is 318 g/mol. The van der Waals surface area contributed by atoms with Crippen LogP contribution >= 0.6 is 0 Å². The van der Waals surface area contributed by atoms with Crippen molar-refractivity contribution in [2.24, 2.45) is 5.73 Å². The highest BCUT2D eigenvalue weighted by Crippen LogP contribution is 2.30. The normalized spacial score (nSPS) is 12.2. The molecule has 0 aliphatic carbocycles. The van der Waals surface area contributed by atoms with Crippen molar-refractivity contribution >= 4 is 23.2 Å². The van der Waals surface area contributed by atoms with Crippen LogP contribution in [0.5, 0.6) is 0 Å². The minimum atomic E-state index is -0.678. The number of hydrogen-bond donors (Lipinski definition) is 1. The number of nitrogens with two attached hydrogens (primary N) is 1. The van der Waals surface area contributed by atoms with E-state index in [2.05, 4.69) is 4.74 Å². The Balaban J connectivity index is 2.76. The molecule has 0 amide bonds. The van der Waals surface area contributed by atoms with Gasteiger partial charge in [0, 0.05) is 17.3 Å². The summed E-state index contributed by atoms with van der Waals surface area (Å²) in [6, 6.07) is 18.3. The van der Waals surface area contributed by atoms with Crippen LogP contribution in [0.3, 0.4) is 0 Å². The second kappa shape index (κ2) is 8.49.